The lowest BCUT2D eigenvalue weighted by atomic mass is 10.2. The molecule has 130 valence electrons. The van der Waals surface area contributed by atoms with Crippen molar-refractivity contribution < 1.29 is 28.2 Å². The van der Waals surface area contributed by atoms with Crippen LogP contribution >= 0.6 is 0 Å². The fourth-order valence-corrected chi connectivity index (χ4v) is 1.97. The fraction of sp³-hybridized carbons (Fsp3) is 0.158. The van der Waals surface area contributed by atoms with E-state index in [4.69, 9.17) is 14.2 Å². The molecule has 0 aliphatic carbocycles. The molecule has 6 heteroatoms. The molecule has 0 saturated heterocycles. The van der Waals surface area contributed by atoms with Crippen LogP contribution in [0, 0.1) is 5.82 Å². The number of halogens is 1. The summed E-state index contributed by atoms with van der Waals surface area (Å²) in [4.78, 5) is 23.4. The van der Waals surface area contributed by atoms with Gasteiger partial charge in [-0.1, -0.05) is 6.07 Å². The molecule has 0 spiro atoms. The van der Waals surface area contributed by atoms with Gasteiger partial charge >= 0.3 is 11.9 Å². The molecule has 0 radical (unpaired) electrons. The number of ether oxygens (including phenoxy) is 3. The minimum Gasteiger partial charge on any atom is -0.493 e. The predicted molar refractivity (Wildman–Crippen MR) is 90.0 cm³/mol. The van der Waals surface area contributed by atoms with Gasteiger partial charge in [-0.15, -0.1) is 0 Å². The molecule has 0 fully saturated rings. The summed E-state index contributed by atoms with van der Waals surface area (Å²) in [6.07, 6.45) is 2.86. The van der Waals surface area contributed by atoms with Crippen LogP contribution in [-0.2, 0) is 9.53 Å². The van der Waals surface area contributed by atoms with Gasteiger partial charge in [0.25, 0.3) is 0 Å². The molecule has 5 nitrogen and oxygen atoms in total. The maximum atomic E-state index is 12.9. The normalized spacial score (nSPS) is 10.5. The van der Waals surface area contributed by atoms with Gasteiger partial charge in [0, 0.05) is 6.08 Å². The minimum atomic E-state index is -0.631. The van der Waals surface area contributed by atoms with Gasteiger partial charge in [-0.3, -0.25) is 0 Å². The monoisotopic (exact) mass is 344 g/mol. The first kappa shape index (κ1) is 18.2. The third-order valence-electron chi connectivity index (χ3n) is 3.17. The highest BCUT2D eigenvalue weighted by Crippen LogP contribution is 2.29. The second kappa shape index (κ2) is 8.63. The number of benzene rings is 2. The van der Waals surface area contributed by atoms with E-state index in [9.17, 15) is 14.0 Å². The molecule has 0 amide bonds. The number of hydrogen-bond donors (Lipinski definition) is 0. The molecule has 0 unspecified atom stereocenters. The molecular formula is C19H17FO5. The third-order valence-corrected chi connectivity index (χ3v) is 3.17. The average Bonchev–Trinajstić information content (AvgIpc) is 2.61. The summed E-state index contributed by atoms with van der Waals surface area (Å²) in [5.74, 6) is -0.986. The van der Waals surface area contributed by atoms with Crippen LogP contribution in [0.1, 0.15) is 22.8 Å². The van der Waals surface area contributed by atoms with Crippen molar-refractivity contribution >= 4 is 18.0 Å². The van der Waals surface area contributed by atoms with Gasteiger partial charge in [-0.05, 0) is 55.0 Å². The molecular weight excluding hydrogens is 327 g/mol. The first-order valence-corrected chi connectivity index (χ1v) is 7.54. The van der Waals surface area contributed by atoms with Gasteiger partial charge in [0.05, 0.1) is 19.3 Å². The molecule has 0 bridgehead atoms. The lowest BCUT2D eigenvalue weighted by Crippen LogP contribution is -2.09. The molecule has 2 aromatic carbocycles. The van der Waals surface area contributed by atoms with E-state index in [1.807, 2.05) is 0 Å². The molecule has 0 aliphatic rings. The van der Waals surface area contributed by atoms with Crippen LogP contribution in [0.25, 0.3) is 6.08 Å². The number of carbonyl (C=O) groups excluding carboxylic acids is 2. The molecule has 0 aromatic heterocycles. The first-order valence-electron chi connectivity index (χ1n) is 7.54. The first-order chi connectivity index (χ1) is 12.0. The smallest absolute Gasteiger partial charge is 0.343 e. The summed E-state index contributed by atoms with van der Waals surface area (Å²) in [5.41, 5.74) is 0.890. The largest absolute Gasteiger partial charge is 0.493 e. The molecule has 2 aromatic rings. The Labute approximate surface area is 144 Å². The number of methoxy groups -OCH3 is 1. The van der Waals surface area contributed by atoms with Crippen LogP contribution in [0.15, 0.2) is 48.5 Å². The Morgan fingerprint density at radius 1 is 1.08 bits per heavy atom. The van der Waals surface area contributed by atoms with E-state index < -0.39 is 17.8 Å². The zero-order chi connectivity index (χ0) is 18.2. The summed E-state index contributed by atoms with van der Waals surface area (Å²) in [6.45, 7) is 2.02. The minimum absolute atomic E-state index is 0.213. The summed E-state index contributed by atoms with van der Waals surface area (Å²) in [7, 11) is 1.43. The van der Waals surface area contributed by atoms with Crippen LogP contribution in [-0.4, -0.2) is 25.7 Å². The van der Waals surface area contributed by atoms with E-state index in [2.05, 4.69) is 0 Å². The SMILES string of the molecule is CCOC(=O)C=Cc1ccc(OC(=O)c2ccc(F)cc2)c(OC)c1. The number of hydrogen-bond acceptors (Lipinski definition) is 5. The zero-order valence-corrected chi connectivity index (χ0v) is 13.8. The van der Waals surface area contributed by atoms with Crippen molar-refractivity contribution in [2.45, 2.75) is 6.92 Å². The zero-order valence-electron chi connectivity index (χ0n) is 13.8. The number of rotatable bonds is 6. The van der Waals surface area contributed by atoms with Gasteiger partial charge in [0.1, 0.15) is 5.82 Å². The van der Waals surface area contributed by atoms with E-state index in [0.717, 1.165) is 0 Å². The molecule has 25 heavy (non-hydrogen) atoms. The fourth-order valence-electron chi connectivity index (χ4n) is 1.97. The van der Waals surface area contributed by atoms with Crippen LogP contribution < -0.4 is 9.47 Å². The van der Waals surface area contributed by atoms with Crippen LogP contribution in [0.2, 0.25) is 0 Å². The van der Waals surface area contributed by atoms with Gasteiger partial charge < -0.3 is 14.2 Å². The Bertz CT molecular complexity index is 781. The topological polar surface area (TPSA) is 61.8 Å². The second-order valence-corrected chi connectivity index (χ2v) is 4.89. The Morgan fingerprint density at radius 2 is 1.80 bits per heavy atom. The average molecular weight is 344 g/mol. The number of carbonyl (C=O) groups is 2. The van der Waals surface area contributed by atoms with Crippen molar-refractivity contribution in [3.05, 3.63) is 65.5 Å². The summed E-state index contributed by atoms with van der Waals surface area (Å²) < 4.78 is 28.2. The van der Waals surface area contributed by atoms with Crippen molar-refractivity contribution in [1.82, 2.24) is 0 Å². The molecule has 0 atom stereocenters. The standard InChI is InChI=1S/C19H17FO5/c1-3-24-18(21)11-5-13-4-10-16(17(12-13)23-2)25-19(22)14-6-8-15(20)9-7-14/h4-12H,3H2,1-2H3. The van der Waals surface area contributed by atoms with E-state index in [1.54, 1.807) is 31.2 Å². The lowest BCUT2D eigenvalue weighted by Gasteiger charge is -2.10. The van der Waals surface area contributed by atoms with Gasteiger partial charge in [-0.25, -0.2) is 14.0 Å². The van der Waals surface area contributed by atoms with E-state index in [1.165, 1.54) is 37.5 Å². The van der Waals surface area contributed by atoms with Gasteiger partial charge in [0.2, 0.25) is 0 Å². The van der Waals surface area contributed by atoms with Crippen molar-refractivity contribution in [2.24, 2.45) is 0 Å². The summed E-state index contributed by atoms with van der Waals surface area (Å²) in [5, 5.41) is 0. The summed E-state index contributed by atoms with van der Waals surface area (Å²) in [6, 6.07) is 9.84. The quantitative estimate of drug-likeness (QED) is 0.455. The molecule has 0 heterocycles. The van der Waals surface area contributed by atoms with Crippen LogP contribution in [0.4, 0.5) is 4.39 Å². The van der Waals surface area contributed by atoms with Crippen LogP contribution in [0.5, 0.6) is 11.5 Å². The Balaban J connectivity index is 2.14. The van der Waals surface area contributed by atoms with Crippen molar-refractivity contribution in [3.8, 4) is 11.5 Å². The molecule has 0 saturated carbocycles. The third kappa shape index (κ3) is 5.17. The van der Waals surface area contributed by atoms with Crippen LogP contribution in [0.3, 0.4) is 0 Å². The van der Waals surface area contributed by atoms with Crippen molar-refractivity contribution in [1.29, 1.82) is 0 Å². The van der Waals surface area contributed by atoms with Crippen molar-refractivity contribution in [2.75, 3.05) is 13.7 Å². The van der Waals surface area contributed by atoms with E-state index >= 15 is 0 Å². The maximum Gasteiger partial charge on any atom is 0.343 e. The Morgan fingerprint density at radius 3 is 2.44 bits per heavy atom. The molecule has 0 N–H and O–H groups in total. The maximum absolute atomic E-state index is 12.9. The van der Waals surface area contributed by atoms with Crippen molar-refractivity contribution in [3.63, 3.8) is 0 Å². The van der Waals surface area contributed by atoms with Gasteiger partial charge in [0.15, 0.2) is 11.5 Å². The second-order valence-electron chi connectivity index (χ2n) is 4.89. The molecule has 2 rings (SSSR count). The lowest BCUT2D eigenvalue weighted by molar-refractivity contribution is -0.137. The summed E-state index contributed by atoms with van der Waals surface area (Å²) >= 11 is 0. The highest BCUT2D eigenvalue weighted by atomic mass is 19.1. The van der Waals surface area contributed by atoms with E-state index in [-0.39, 0.29) is 11.3 Å². The molecule has 0 aliphatic heterocycles. The Hall–Kier alpha value is -3.15. The highest BCUT2D eigenvalue weighted by Gasteiger charge is 2.13. The predicted octanol–water partition coefficient (Wildman–Crippen LogP) is 3.63. The number of esters is 2. The van der Waals surface area contributed by atoms with E-state index in [0.29, 0.717) is 17.9 Å². The van der Waals surface area contributed by atoms with Gasteiger partial charge in [-0.2, -0.15) is 0 Å². The Kier molecular flexibility index (Phi) is 6.28. The highest BCUT2D eigenvalue weighted by molar-refractivity contribution is 5.91.